The predicted molar refractivity (Wildman–Crippen MR) is 80.0 cm³/mol. The van der Waals surface area contributed by atoms with Gasteiger partial charge in [0.25, 0.3) is 0 Å². The third-order valence-electron chi connectivity index (χ3n) is 2.84. The molecule has 0 atom stereocenters. The number of aromatic nitrogens is 1. The molecule has 0 spiro atoms. The minimum Gasteiger partial charge on any atom is -0.375 e. The smallest absolute Gasteiger partial charge is 0.0887 e. The van der Waals surface area contributed by atoms with E-state index in [1.807, 2.05) is 6.07 Å². The normalized spacial score (nSPS) is 11.8. The van der Waals surface area contributed by atoms with E-state index in [-0.39, 0.29) is 0 Å². The molecule has 108 valence electrons. The van der Waals surface area contributed by atoms with Crippen molar-refractivity contribution in [3.05, 3.63) is 29.6 Å². The Labute approximate surface area is 117 Å². The number of nitrogens with one attached hydrogen (secondary N) is 1. The van der Waals surface area contributed by atoms with Gasteiger partial charge in [-0.05, 0) is 36.9 Å². The van der Waals surface area contributed by atoms with Gasteiger partial charge in [-0.15, -0.1) is 0 Å². The molecule has 3 heteroatoms. The Hall–Kier alpha value is -0.930. The zero-order valence-corrected chi connectivity index (χ0v) is 12.8. The standard InChI is InChI=1S/C16H28N2O/c1-5-10-17-12-14-7-6-8-15(18-14)13-19-11-9-16(2,3)4/h6-8,17H,5,9-13H2,1-4H3. The highest BCUT2D eigenvalue weighted by Gasteiger charge is 2.09. The van der Waals surface area contributed by atoms with Gasteiger partial charge in [0.05, 0.1) is 18.0 Å². The van der Waals surface area contributed by atoms with Gasteiger partial charge in [-0.25, -0.2) is 0 Å². The first-order valence-corrected chi connectivity index (χ1v) is 7.24. The van der Waals surface area contributed by atoms with Crippen LogP contribution in [0.25, 0.3) is 0 Å². The molecule has 1 rings (SSSR count). The van der Waals surface area contributed by atoms with Crippen LogP contribution in [-0.2, 0) is 17.9 Å². The number of hydrogen-bond acceptors (Lipinski definition) is 3. The van der Waals surface area contributed by atoms with E-state index in [2.05, 4.69) is 50.1 Å². The summed E-state index contributed by atoms with van der Waals surface area (Å²) in [5, 5.41) is 3.36. The van der Waals surface area contributed by atoms with Crippen LogP contribution < -0.4 is 5.32 Å². The summed E-state index contributed by atoms with van der Waals surface area (Å²) in [4.78, 5) is 4.59. The van der Waals surface area contributed by atoms with Crippen LogP contribution in [0.2, 0.25) is 0 Å². The molecular formula is C16H28N2O. The molecule has 1 aromatic heterocycles. The Bertz CT molecular complexity index is 358. The maximum absolute atomic E-state index is 5.69. The molecule has 0 amide bonds. The van der Waals surface area contributed by atoms with Gasteiger partial charge in [-0.3, -0.25) is 4.98 Å². The van der Waals surface area contributed by atoms with Crippen molar-refractivity contribution >= 4 is 0 Å². The van der Waals surface area contributed by atoms with Crippen molar-refractivity contribution in [2.24, 2.45) is 5.41 Å². The first kappa shape index (κ1) is 16.1. The topological polar surface area (TPSA) is 34.1 Å². The second-order valence-corrected chi connectivity index (χ2v) is 6.16. The molecule has 0 saturated carbocycles. The lowest BCUT2D eigenvalue weighted by molar-refractivity contribution is 0.0940. The van der Waals surface area contributed by atoms with Gasteiger partial charge in [0.1, 0.15) is 0 Å². The monoisotopic (exact) mass is 264 g/mol. The molecule has 0 fully saturated rings. The summed E-state index contributed by atoms with van der Waals surface area (Å²) >= 11 is 0. The van der Waals surface area contributed by atoms with Gasteiger partial charge in [-0.1, -0.05) is 33.8 Å². The lowest BCUT2D eigenvalue weighted by Gasteiger charge is -2.17. The number of ether oxygens (including phenoxy) is 1. The number of hydrogen-bond donors (Lipinski definition) is 1. The quantitative estimate of drug-likeness (QED) is 0.729. The van der Waals surface area contributed by atoms with E-state index in [1.54, 1.807) is 0 Å². The second kappa shape index (κ2) is 8.28. The fraction of sp³-hybridized carbons (Fsp3) is 0.688. The summed E-state index contributed by atoms with van der Waals surface area (Å²) in [7, 11) is 0. The third-order valence-corrected chi connectivity index (χ3v) is 2.84. The first-order chi connectivity index (χ1) is 9.01. The minimum absolute atomic E-state index is 0.333. The van der Waals surface area contributed by atoms with E-state index >= 15 is 0 Å². The highest BCUT2D eigenvalue weighted by molar-refractivity contribution is 5.10. The van der Waals surface area contributed by atoms with Gasteiger partial charge >= 0.3 is 0 Å². The number of nitrogens with zero attached hydrogens (tertiary/aromatic N) is 1. The van der Waals surface area contributed by atoms with Crippen molar-refractivity contribution in [2.75, 3.05) is 13.2 Å². The van der Waals surface area contributed by atoms with Crippen LogP contribution in [0.15, 0.2) is 18.2 Å². The molecule has 0 aromatic carbocycles. The summed E-state index contributed by atoms with van der Waals surface area (Å²) in [6.07, 6.45) is 2.22. The Morgan fingerprint density at radius 3 is 2.63 bits per heavy atom. The molecule has 1 aromatic rings. The van der Waals surface area contributed by atoms with Crippen molar-refractivity contribution in [2.45, 2.75) is 53.7 Å². The molecule has 3 nitrogen and oxygen atoms in total. The molecule has 1 N–H and O–H groups in total. The highest BCUT2D eigenvalue weighted by atomic mass is 16.5. The van der Waals surface area contributed by atoms with Gasteiger partial charge in [0.2, 0.25) is 0 Å². The van der Waals surface area contributed by atoms with Gasteiger partial charge in [0.15, 0.2) is 0 Å². The molecule has 0 unspecified atom stereocenters. The SMILES string of the molecule is CCCNCc1cccc(COCCC(C)(C)C)n1. The van der Waals surface area contributed by atoms with Crippen LogP contribution in [0.5, 0.6) is 0 Å². The molecular weight excluding hydrogens is 236 g/mol. The zero-order valence-electron chi connectivity index (χ0n) is 12.8. The van der Waals surface area contributed by atoms with Crippen LogP contribution in [0.4, 0.5) is 0 Å². The lowest BCUT2D eigenvalue weighted by Crippen LogP contribution is -2.15. The van der Waals surface area contributed by atoms with Crippen LogP contribution in [-0.4, -0.2) is 18.1 Å². The molecule has 1 heterocycles. The van der Waals surface area contributed by atoms with Crippen LogP contribution >= 0.6 is 0 Å². The van der Waals surface area contributed by atoms with Gasteiger partial charge < -0.3 is 10.1 Å². The molecule has 0 saturated heterocycles. The minimum atomic E-state index is 0.333. The van der Waals surface area contributed by atoms with Gasteiger partial charge in [-0.2, -0.15) is 0 Å². The summed E-state index contributed by atoms with van der Waals surface area (Å²) in [5.41, 5.74) is 2.44. The first-order valence-electron chi connectivity index (χ1n) is 7.24. The summed E-state index contributed by atoms with van der Waals surface area (Å²) in [6, 6.07) is 6.14. The van der Waals surface area contributed by atoms with Crippen molar-refractivity contribution in [3.63, 3.8) is 0 Å². The third kappa shape index (κ3) is 7.96. The van der Waals surface area contributed by atoms with Crippen LogP contribution in [0, 0.1) is 5.41 Å². The van der Waals surface area contributed by atoms with Crippen molar-refractivity contribution < 1.29 is 4.74 Å². The van der Waals surface area contributed by atoms with Crippen molar-refractivity contribution in [3.8, 4) is 0 Å². The predicted octanol–water partition coefficient (Wildman–Crippen LogP) is 3.53. The molecule has 0 aliphatic carbocycles. The van der Waals surface area contributed by atoms with E-state index < -0.39 is 0 Å². The van der Waals surface area contributed by atoms with Crippen molar-refractivity contribution in [1.82, 2.24) is 10.3 Å². The summed E-state index contributed by atoms with van der Waals surface area (Å²) < 4.78 is 5.69. The Morgan fingerprint density at radius 2 is 1.95 bits per heavy atom. The number of pyridine rings is 1. The Morgan fingerprint density at radius 1 is 1.21 bits per heavy atom. The second-order valence-electron chi connectivity index (χ2n) is 6.16. The summed E-state index contributed by atoms with van der Waals surface area (Å²) in [6.45, 7) is 12.1. The Balaban J connectivity index is 2.31. The van der Waals surface area contributed by atoms with E-state index in [0.29, 0.717) is 12.0 Å². The average molecular weight is 264 g/mol. The van der Waals surface area contributed by atoms with Crippen LogP contribution in [0.1, 0.15) is 51.9 Å². The fourth-order valence-corrected chi connectivity index (χ4v) is 1.66. The van der Waals surface area contributed by atoms with E-state index in [1.165, 1.54) is 0 Å². The zero-order chi connectivity index (χ0) is 14.1. The van der Waals surface area contributed by atoms with Crippen molar-refractivity contribution in [1.29, 1.82) is 0 Å². The molecule has 0 aliphatic rings. The largest absolute Gasteiger partial charge is 0.375 e. The highest BCUT2D eigenvalue weighted by Crippen LogP contribution is 2.18. The van der Waals surface area contributed by atoms with E-state index in [0.717, 1.165) is 43.9 Å². The molecule has 19 heavy (non-hydrogen) atoms. The summed E-state index contributed by atoms with van der Waals surface area (Å²) in [5.74, 6) is 0. The van der Waals surface area contributed by atoms with Crippen LogP contribution in [0.3, 0.4) is 0 Å². The maximum Gasteiger partial charge on any atom is 0.0887 e. The maximum atomic E-state index is 5.69. The fourth-order valence-electron chi connectivity index (χ4n) is 1.66. The van der Waals surface area contributed by atoms with Gasteiger partial charge in [0, 0.05) is 13.2 Å². The van der Waals surface area contributed by atoms with E-state index in [4.69, 9.17) is 4.74 Å². The molecule has 0 aliphatic heterocycles. The molecule has 0 radical (unpaired) electrons. The Kier molecular flexibility index (Phi) is 7.03. The molecule has 0 bridgehead atoms. The van der Waals surface area contributed by atoms with E-state index in [9.17, 15) is 0 Å². The average Bonchev–Trinajstić information content (AvgIpc) is 2.35. The number of rotatable bonds is 8. The lowest BCUT2D eigenvalue weighted by atomic mass is 9.93.